The van der Waals surface area contributed by atoms with Gasteiger partial charge in [-0.15, -0.1) is 0 Å². The first-order valence-corrected chi connectivity index (χ1v) is 14.8. The predicted octanol–water partition coefficient (Wildman–Crippen LogP) is 4.87. The summed E-state index contributed by atoms with van der Waals surface area (Å²) in [4.78, 5) is 28.8. The van der Waals surface area contributed by atoms with Crippen molar-refractivity contribution in [1.82, 2.24) is 10.2 Å². The summed E-state index contributed by atoms with van der Waals surface area (Å²) >= 11 is 0. The van der Waals surface area contributed by atoms with Crippen LogP contribution in [0.3, 0.4) is 0 Å². The molecule has 7 nitrogen and oxygen atoms in total. The fourth-order valence-electron chi connectivity index (χ4n) is 4.59. The van der Waals surface area contributed by atoms with E-state index >= 15 is 0 Å². The van der Waals surface area contributed by atoms with Crippen molar-refractivity contribution in [1.29, 1.82) is 0 Å². The van der Waals surface area contributed by atoms with E-state index in [9.17, 15) is 18.0 Å². The van der Waals surface area contributed by atoms with Crippen LogP contribution in [-0.4, -0.2) is 50.3 Å². The Morgan fingerprint density at radius 3 is 2.08 bits per heavy atom. The summed E-state index contributed by atoms with van der Waals surface area (Å²) < 4.78 is 29.0. The maximum absolute atomic E-state index is 14.0. The van der Waals surface area contributed by atoms with Crippen molar-refractivity contribution in [2.45, 2.75) is 64.4 Å². The molecule has 2 amide bonds. The smallest absolute Gasteiger partial charge is 0.264 e. The molecule has 0 bridgehead atoms. The van der Waals surface area contributed by atoms with Gasteiger partial charge >= 0.3 is 0 Å². The number of rotatable bonds is 12. The molecule has 0 aliphatic rings. The van der Waals surface area contributed by atoms with Crippen molar-refractivity contribution in [3.05, 3.63) is 95.6 Å². The highest BCUT2D eigenvalue weighted by Gasteiger charge is 2.34. The molecule has 0 unspecified atom stereocenters. The van der Waals surface area contributed by atoms with Crippen molar-refractivity contribution < 1.29 is 18.0 Å². The highest BCUT2D eigenvalue weighted by Crippen LogP contribution is 2.28. The van der Waals surface area contributed by atoms with Crippen LogP contribution < -0.4 is 9.62 Å². The van der Waals surface area contributed by atoms with Gasteiger partial charge in [0.1, 0.15) is 12.6 Å². The summed E-state index contributed by atoms with van der Waals surface area (Å²) in [7, 11) is -4.07. The Bertz CT molecular complexity index is 1360. The fourth-order valence-corrected chi connectivity index (χ4v) is 6.09. The van der Waals surface area contributed by atoms with E-state index in [4.69, 9.17) is 0 Å². The average molecular weight is 550 g/mol. The van der Waals surface area contributed by atoms with Gasteiger partial charge in [0.05, 0.1) is 10.6 Å². The normalized spacial score (nSPS) is 12.2. The first kappa shape index (κ1) is 29.9. The van der Waals surface area contributed by atoms with Gasteiger partial charge in [0, 0.05) is 12.6 Å². The van der Waals surface area contributed by atoms with Crippen LogP contribution >= 0.6 is 0 Å². The number of carbonyl (C=O) groups excluding carboxylic acids is 2. The number of nitrogens with one attached hydrogen (secondary N) is 1. The molecule has 0 saturated carbocycles. The SMILES string of the molecule is CC[C@H](C(=O)NC(C)C)N(CCc1ccccc1)C(=O)CN(c1ccc(C)cc1C)S(=O)(=O)c1ccccc1. The predicted molar refractivity (Wildman–Crippen MR) is 156 cm³/mol. The molecular formula is C31H39N3O4S. The molecule has 0 aliphatic heterocycles. The fraction of sp³-hybridized carbons (Fsp3) is 0.355. The molecule has 0 fully saturated rings. The van der Waals surface area contributed by atoms with Crippen LogP contribution in [0.2, 0.25) is 0 Å². The Morgan fingerprint density at radius 2 is 1.51 bits per heavy atom. The second-order valence-corrected chi connectivity index (χ2v) is 11.9. The van der Waals surface area contributed by atoms with Crippen LogP contribution in [0.15, 0.2) is 83.8 Å². The first-order chi connectivity index (χ1) is 18.5. The summed E-state index contributed by atoms with van der Waals surface area (Å²) in [5, 5.41) is 2.92. The lowest BCUT2D eigenvalue weighted by Crippen LogP contribution is -2.54. The van der Waals surface area contributed by atoms with Gasteiger partial charge in [-0.1, -0.05) is 73.2 Å². The molecule has 0 aromatic heterocycles. The molecule has 0 radical (unpaired) electrons. The van der Waals surface area contributed by atoms with Crippen molar-refractivity contribution >= 4 is 27.5 Å². The van der Waals surface area contributed by atoms with E-state index in [0.29, 0.717) is 18.5 Å². The number of benzene rings is 3. The molecule has 0 spiro atoms. The second-order valence-electron chi connectivity index (χ2n) is 10.0. The van der Waals surface area contributed by atoms with E-state index in [1.807, 2.05) is 77.1 Å². The van der Waals surface area contributed by atoms with Gasteiger partial charge in [0.25, 0.3) is 10.0 Å². The molecule has 8 heteroatoms. The molecule has 3 aromatic rings. The topological polar surface area (TPSA) is 86.8 Å². The largest absolute Gasteiger partial charge is 0.352 e. The monoisotopic (exact) mass is 549 g/mol. The van der Waals surface area contributed by atoms with Crippen LogP contribution in [0.25, 0.3) is 0 Å². The van der Waals surface area contributed by atoms with Gasteiger partial charge in [0.2, 0.25) is 11.8 Å². The summed E-state index contributed by atoms with van der Waals surface area (Å²) in [6.07, 6.45) is 0.932. The number of sulfonamides is 1. The van der Waals surface area contributed by atoms with Gasteiger partial charge in [-0.2, -0.15) is 0 Å². The van der Waals surface area contributed by atoms with E-state index in [-0.39, 0.29) is 23.4 Å². The van der Waals surface area contributed by atoms with Gasteiger partial charge in [0.15, 0.2) is 0 Å². The quantitative estimate of drug-likeness (QED) is 0.349. The van der Waals surface area contributed by atoms with E-state index in [1.54, 1.807) is 24.3 Å². The van der Waals surface area contributed by atoms with E-state index in [1.165, 1.54) is 21.3 Å². The summed E-state index contributed by atoms with van der Waals surface area (Å²) in [6, 6.07) is 22.5. The summed E-state index contributed by atoms with van der Waals surface area (Å²) in [5.41, 5.74) is 3.18. The van der Waals surface area contributed by atoms with Crippen LogP contribution in [0.4, 0.5) is 5.69 Å². The molecule has 0 heterocycles. The zero-order chi connectivity index (χ0) is 28.6. The Balaban J connectivity index is 2.03. The molecule has 1 atom stereocenters. The number of hydrogen-bond acceptors (Lipinski definition) is 4. The number of amides is 2. The van der Waals surface area contributed by atoms with E-state index in [2.05, 4.69) is 5.32 Å². The Morgan fingerprint density at radius 1 is 0.897 bits per heavy atom. The number of carbonyl (C=O) groups is 2. The highest BCUT2D eigenvalue weighted by molar-refractivity contribution is 7.92. The maximum atomic E-state index is 14.0. The lowest BCUT2D eigenvalue weighted by atomic mass is 10.1. The van der Waals surface area contributed by atoms with Crippen LogP contribution in [-0.2, 0) is 26.0 Å². The maximum Gasteiger partial charge on any atom is 0.264 e. The first-order valence-electron chi connectivity index (χ1n) is 13.3. The minimum absolute atomic E-state index is 0.0946. The zero-order valence-electron chi connectivity index (χ0n) is 23.4. The zero-order valence-corrected chi connectivity index (χ0v) is 24.2. The number of anilines is 1. The molecule has 1 N–H and O–H groups in total. The molecule has 0 saturated heterocycles. The third-order valence-corrected chi connectivity index (χ3v) is 8.31. The van der Waals surface area contributed by atoms with Crippen molar-refractivity contribution in [3.63, 3.8) is 0 Å². The Kier molecular flexibility index (Phi) is 10.3. The molecular weight excluding hydrogens is 510 g/mol. The van der Waals surface area contributed by atoms with E-state index in [0.717, 1.165) is 16.7 Å². The van der Waals surface area contributed by atoms with Crippen LogP contribution in [0, 0.1) is 13.8 Å². The van der Waals surface area contributed by atoms with Gasteiger partial charge in [-0.3, -0.25) is 13.9 Å². The summed E-state index contributed by atoms with van der Waals surface area (Å²) in [5.74, 6) is -0.686. The van der Waals surface area contributed by atoms with Gasteiger partial charge < -0.3 is 10.2 Å². The minimum Gasteiger partial charge on any atom is -0.352 e. The standard InChI is InChI=1S/C31H39N3O4S/c1-6-28(31(36)32-23(2)3)33(20-19-26-13-9-7-10-14-26)30(35)22-34(29-18-17-24(4)21-25(29)5)39(37,38)27-15-11-8-12-16-27/h7-18,21,23,28H,6,19-20,22H2,1-5H3,(H,32,36)/t28-/m1/s1. The average Bonchev–Trinajstić information content (AvgIpc) is 2.90. The highest BCUT2D eigenvalue weighted by atomic mass is 32.2. The summed E-state index contributed by atoms with van der Waals surface area (Å²) in [6.45, 7) is 9.21. The second kappa shape index (κ2) is 13.4. The van der Waals surface area contributed by atoms with E-state index < -0.39 is 28.5 Å². The Labute approximate surface area is 232 Å². The third kappa shape index (κ3) is 7.69. The van der Waals surface area contributed by atoms with Crippen LogP contribution in [0.1, 0.15) is 43.9 Å². The number of nitrogens with zero attached hydrogens (tertiary/aromatic N) is 2. The number of aryl methyl sites for hydroxylation is 2. The lowest BCUT2D eigenvalue weighted by molar-refractivity contribution is -0.139. The van der Waals surface area contributed by atoms with Crippen LogP contribution in [0.5, 0.6) is 0 Å². The van der Waals surface area contributed by atoms with Gasteiger partial charge in [-0.25, -0.2) is 8.42 Å². The molecule has 0 aliphatic carbocycles. The van der Waals surface area contributed by atoms with Crippen molar-refractivity contribution in [3.8, 4) is 0 Å². The van der Waals surface area contributed by atoms with Crippen molar-refractivity contribution in [2.75, 3.05) is 17.4 Å². The molecule has 208 valence electrons. The number of hydrogen-bond donors (Lipinski definition) is 1. The Hall–Kier alpha value is -3.65. The van der Waals surface area contributed by atoms with Crippen molar-refractivity contribution in [2.24, 2.45) is 0 Å². The lowest BCUT2D eigenvalue weighted by Gasteiger charge is -2.34. The van der Waals surface area contributed by atoms with Gasteiger partial charge in [-0.05, 0) is 69.9 Å². The molecule has 3 rings (SSSR count). The molecule has 3 aromatic carbocycles. The third-order valence-electron chi connectivity index (χ3n) is 6.53. The molecule has 39 heavy (non-hydrogen) atoms. The minimum atomic E-state index is -4.07.